The highest BCUT2D eigenvalue weighted by Crippen LogP contribution is 2.28. The van der Waals surface area contributed by atoms with Crippen LogP contribution < -0.4 is 4.74 Å². The maximum absolute atomic E-state index is 13.2. The number of nitrogens with zero attached hydrogens (tertiary/aromatic N) is 1. The van der Waals surface area contributed by atoms with Gasteiger partial charge in [0.15, 0.2) is 16.4 Å². The van der Waals surface area contributed by atoms with Gasteiger partial charge in [-0.05, 0) is 54.2 Å². The third-order valence-electron chi connectivity index (χ3n) is 5.38. The van der Waals surface area contributed by atoms with Gasteiger partial charge in [-0.25, -0.2) is 12.8 Å². The van der Waals surface area contributed by atoms with E-state index in [1.807, 2.05) is 25.1 Å². The molecule has 0 aliphatic carbocycles. The molecule has 1 fully saturated rings. The summed E-state index contributed by atoms with van der Waals surface area (Å²) >= 11 is 0. The highest BCUT2D eigenvalue weighted by Gasteiger charge is 2.35. The van der Waals surface area contributed by atoms with E-state index in [0.717, 1.165) is 16.7 Å². The van der Waals surface area contributed by atoms with E-state index in [2.05, 4.69) is 13.8 Å². The molecule has 1 heterocycles. The lowest BCUT2D eigenvalue weighted by molar-refractivity contribution is -0.136. The van der Waals surface area contributed by atoms with Gasteiger partial charge in [0.05, 0.1) is 11.5 Å². The Balaban J connectivity index is 1.78. The van der Waals surface area contributed by atoms with Crippen LogP contribution in [0.25, 0.3) is 0 Å². The van der Waals surface area contributed by atoms with Crippen LogP contribution in [0.5, 0.6) is 5.75 Å². The van der Waals surface area contributed by atoms with E-state index in [0.29, 0.717) is 12.2 Å². The third kappa shape index (κ3) is 5.59. The minimum atomic E-state index is -3.16. The molecule has 5 nitrogen and oxygen atoms in total. The van der Waals surface area contributed by atoms with Gasteiger partial charge in [0, 0.05) is 12.6 Å². The number of carbonyl (C=O) groups is 1. The summed E-state index contributed by atoms with van der Waals surface area (Å²) < 4.78 is 43.1. The number of hydrogen-bond acceptors (Lipinski definition) is 4. The van der Waals surface area contributed by atoms with Crippen LogP contribution in [-0.4, -0.2) is 43.4 Å². The summed E-state index contributed by atoms with van der Waals surface area (Å²) in [7, 11) is -3.16. The van der Waals surface area contributed by atoms with Crippen molar-refractivity contribution in [2.45, 2.75) is 45.7 Å². The molecular weight excluding hydrogens is 405 g/mol. The van der Waals surface area contributed by atoms with Crippen molar-refractivity contribution in [2.75, 3.05) is 18.1 Å². The maximum Gasteiger partial charge on any atom is 0.261 e. The first kappa shape index (κ1) is 22.3. The molecule has 0 saturated carbocycles. The standard InChI is InChI=1S/C23H28FNO4S/c1-16(2)21-9-4-17(3)12-22(21)29-14-23(26)25(20-10-11-30(27,28)15-20)13-18-5-7-19(24)8-6-18/h4-9,12,16,20H,10-11,13-15H2,1-3H3/t20-/m0/s1. The number of hydrogen-bond donors (Lipinski definition) is 0. The molecule has 0 radical (unpaired) electrons. The molecule has 162 valence electrons. The van der Waals surface area contributed by atoms with E-state index >= 15 is 0 Å². The Bertz CT molecular complexity index is 1000. The van der Waals surface area contributed by atoms with Crippen LogP contribution in [0.1, 0.15) is 42.9 Å². The monoisotopic (exact) mass is 433 g/mol. The highest BCUT2D eigenvalue weighted by atomic mass is 32.2. The molecule has 2 aromatic carbocycles. The van der Waals surface area contributed by atoms with Crippen molar-refractivity contribution in [1.82, 2.24) is 4.90 Å². The Morgan fingerprint density at radius 1 is 1.20 bits per heavy atom. The molecule has 1 atom stereocenters. The van der Waals surface area contributed by atoms with E-state index in [1.54, 1.807) is 17.0 Å². The maximum atomic E-state index is 13.2. The second kappa shape index (κ2) is 9.16. The number of amides is 1. The average Bonchev–Trinajstić information content (AvgIpc) is 3.04. The number of rotatable bonds is 7. The molecule has 1 saturated heterocycles. The molecule has 1 aliphatic rings. The smallest absolute Gasteiger partial charge is 0.261 e. The van der Waals surface area contributed by atoms with E-state index < -0.39 is 15.9 Å². The first-order valence-corrected chi connectivity index (χ1v) is 11.9. The summed E-state index contributed by atoms with van der Waals surface area (Å²) in [5.41, 5.74) is 2.79. The van der Waals surface area contributed by atoms with Gasteiger partial charge in [-0.3, -0.25) is 4.79 Å². The fourth-order valence-electron chi connectivity index (χ4n) is 3.69. The van der Waals surface area contributed by atoms with Crippen LogP contribution in [0.2, 0.25) is 0 Å². The van der Waals surface area contributed by atoms with Crippen LogP contribution in [0.15, 0.2) is 42.5 Å². The van der Waals surface area contributed by atoms with Crippen molar-refractivity contribution in [3.05, 3.63) is 65.0 Å². The van der Waals surface area contributed by atoms with Crippen LogP contribution in [0, 0.1) is 12.7 Å². The number of benzene rings is 2. The minimum absolute atomic E-state index is 0.0539. The normalized spacial score (nSPS) is 17.8. The molecule has 7 heteroatoms. The lowest BCUT2D eigenvalue weighted by Gasteiger charge is -2.28. The molecule has 0 bridgehead atoms. The van der Waals surface area contributed by atoms with Crippen LogP contribution in [0.4, 0.5) is 4.39 Å². The zero-order valence-electron chi connectivity index (χ0n) is 17.6. The zero-order valence-corrected chi connectivity index (χ0v) is 18.4. The first-order chi connectivity index (χ1) is 14.1. The van der Waals surface area contributed by atoms with Gasteiger partial charge in [0.2, 0.25) is 0 Å². The summed E-state index contributed by atoms with van der Waals surface area (Å²) in [5, 5.41) is 0. The van der Waals surface area contributed by atoms with E-state index in [9.17, 15) is 17.6 Å². The Kier molecular flexibility index (Phi) is 6.81. The van der Waals surface area contributed by atoms with Crippen molar-refractivity contribution in [1.29, 1.82) is 0 Å². The van der Waals surface area contributed by atoms with Crippen LogP contribution in [-0.2, 0) is 21.2 Å². The van der Waals surface area contributed by atoms with Crippen molar-refractivity contribution in [3.63, 3.8) is 0 Å². The Morgan fingerprint density at radius 3 is 2.50 bits per heavy atom. The molecule has 0 spiro atoms. The van der Waals surface area contributed by atoms with Gasteiger partial charge in [-0.1, -0.05) is 38.1 Å². The fraction of sp³-hybridized carbons (Fsp3) is 0.435. The number of sulfone groups is 1. The van der Waals surface area contributed by atoms with Gasteiger partial charge in [0.25, 0.3) is 5.91 Å². The number of halogens is 1. The minimum Gasteiger partial charge on any atom is -0.483 e. The first-order valence-electron chi connectivity index (χ1n) is 10.1. The summed E-state index contributed by atoms with van der Waals surface area (Å²) in [6.45, 7) is 6.12. The van der Waals surface area contributed by atoms with E-state index in [4.69, 9.17) is 4.74 Å². The van der Waals surface area contributed by atoms with Crippen molar-refractivity contribution in [2.24, 2.45) is 0 Å². The lowest BCUT2D eigenvalue weighted by atomic mass is 10.0. The molecule has 1 amide bonds. The molecule has 3 rings (SSSR count). The molecule has 0 aromatic heterocycles. The largest absolute Gasteiger partial charge is 0.483 e. The van der Waals surface area contributed by atoms with E-state index in [1.165, 1.54) is 12.1 Å². The Hall–Kier alpha value is -2.41. The van der Waals surface area contributed by atoms with Gasteiger partial charge < -0.3 is 9.64 Å². The summed E-state index contributed by atoms with van der Waals surface area (Å²) in [6.07, 6.45) is 0.400. The second-order valence-corrected chi connectivity index (χ2v) is 10.4. The Labute approximate surface area is 177 Å². The van der Waals surface area contributed by atoms with Gasteiger partial charge in [-0.15, -0.1) is 0 Å². The third-order valence-corrected chi connectivity index (χ3v) is 7.13. The highest BCUT2D eigenvalue weighted by molar-refractivity contribution is 7.91. The van der Waals surface area contributed by atoms with Gasteiger partial charge in [-0.2, -0.15) is 0 Å². The molecule has 1 aliphatic heterocycles. The Morgan fingerprint density at radius 2 is 1.90 bits per heavy atom. The SMILES string of the molecule is Cc1ccc(C(C)C)c(OCC(=O)N(Cc2ccc(F)cc2)[C@H]2CCS(=O)(=O)C2)c1. The molecule has 30 heavy (non-hydrogen) atoms. The van der Waals surface area contributed by atoms with Crippen molar-refractivity contribution >= 4 is 15.7 Å². The van der Waals surface area contributed by atoms with Crippen molar-refractivity contribution < 1.29 is 22.3 Å². The topological polar surface area (TPSA) is 63.7 Å². The quantitative estimate of drug-likeness (QED) is 0.665. The van der Waals surface area contributed by atoms with Gasteiger partial charge in [0.1, 0.15) is 11.6 Å². The molecule has 0 N–H and O–H groups in total. The number of aryl methyl sites for hydroxylation is 1. The van der Waals surface area contributed by atoms with Crippen LogP contribution >= 0.6 is 0 Å². The zero-order chi connectivity index (χ0) is 21.9. The van der Waals surface area contributed by atoms with Crippen molar-refractivity contribution in [3.8, 4) is 5.75 Å². The summed E-state index contributed by atoms with van der Waals surface area (Å²) in [4.78, 5) is 14.6. The predicted octanol–water partition coefficient (Wildman–Crippen LogP) is 3.85. The second-order valence-electron chi connectivity index (χ2n) is 8.19. The van der Waals surface area contributed by atoms with E-state index in [-0.39, 0.29) is 42.3 Å². The number of carbonyl (C=O) groups excluding carboxylic acids is 1. The van der Waals surface area contributed by atoms with Gasteiger partial charge >= 0.3 is 0 Å². The lowest BCUT2D eigenvalue weighted by Crippen LogP contribution is -2.43. The summed E-state index contributed by atoms with van der Waals surface area (Å²) in [6, 6.07) is 11.4. The fourth-order valence-corrected chi connectivity index (χ4v) is 5.43. The molecule has 0 unspecified atom stereocenters. The molecular formula is C23H28FNO4S. The average molecular weight is 434 g/mol. The molecule has 2 aromatic rings. The van der Waals surface area contributed by atoms with Crippen LogP contribution in [0.3, 0.4) is 0 Å². The number of ether oxygens (including phenoxy) is 1. The predicted molar refractivity (Wildman–Crippen MR) is 115 cm³/mol. The summed E-state index contributed by atoms with van der Waals surface area (Å²) in [5.74, 6) is 0.287.